The summed E-state index contributed by atoms with van der Waals surface area (Å²) < 4.78 is 11.5. The Hall–Kier alpha value is -2.07. The molecule has 2 N–H and O–H groups in total. The van der Waals surface area contributed by atoms with E-state index in [0.717, 1.165) is 34.7 Å². The first-order valence-electron chi connectivity index (χ1n) is 7.23. The van der Waals surface area contributed by atoms with E-state index in [1.165, 1.54) is 0 Å². The zero-order valence-electron chi connectivity index (χ0n) is 12.6. The molecule has 0 saturated heterocycles. The molecule has 0 radical (unpaired) electrons. The Morgan fingerprint density at radius 1 is 1.19 bits per heavy atom. The maximum absolute atomic E-state index is 5.89. The van der Waals surface area contributed by atoms with Gasteiger partial charge in [0.05, 0.1) is 12.3 Å². The SMILES string of the molecule is CCCOc1ccc(CN)c(OCc2ncccc2C)c1. The van der Waals surface area contributed by atoms with Gasteiger partial charge in [-0.05, 0) is 31.0 Å². The molecule has 0 saturated carbocycles. The van der Waals surface area contributed by atoms with E-state index in [9.17, 15) is 0 Å². The van der Waals surface area contributed by atoms with Crippen LogP contribution in [0.1, 0.15) is 30.2 Å². The molecule has 0 atom stereocenters. The normalized spacial score (nSPS) is 10.4. The van der Waals surface area contributed by atoms with Crippen LogP contribution in [0, 0.1) is 6.92 Å². The van der Waals surface area contributed by atoms with E-state index in [-0.39, 0.29) is 0 Å². The Balaban J connectivity index is 2.12. The van der Waals surface area contributed by atoms with E-state index in [4.69, 9.17) is 15.2 Å². The molecule has 0 amide bonds. The van der Waals surface area contributed by atoms with Crippen molar-refractivity contribution in [1.82, 2.24) is 4.98 Å². The van der Waals surface area contributed by atoms with Crippen LogP contribution in [0.5, 0.6) is 11.5 Å². The van der Waals surface area contributed by atoms with Gasteiger partial charge in [-0.1, -0.05) is 19.1 Å². The predicted molar refractivity (Wildman–Crippen MR) is 83.4 cm³/mol. The molecule has 0 unspecified atom stereocenters. The lowest BCUT2D eigenvalue weighted by atomic mass is 10.2. The Labute approximate surface area is 125 Å². The van der Waals surface area contributed by atoms with Crippen molar-refractivity contribution in [2.75, 3.05) is 6.61 Å². The Morgan fingerprint density at radius 2 is 2.05 bits per heavy atom. The second-order valence-corrected chi connectivity index (χ2v) is 4.88. The van der Waals surface area contributed by atoms with Crippen molar-refractivity contribution in [3.05, 3.63) is 53.3 Å². The van der Waals surface area contributed by atoms with E-state index < -0.39 is 0 Å². The number of hydrogen-bond donors (Lipinski definition) is 1. The van der Waals surface area contributed by atoms with Crippen LogP contribution in [0.25, 0.3) is 0 Å². The van der Waals surface area contributed by atoms with Crippen LogP contribution >= 0.6 is 0 Å². The number of rotatable bonds is 7. The van der Waals surface area contributed by atoms with Gasteiger partial charge < -0.3 is 15.2 Å². The third kappa shape index (κ3) is 4.20. The smallest absolute Gasteiger partial charge is 0.130 e. The molecule has 4 nitrogen and oxygen atoms in total. The van der Waals surface area contributed by atoms with Gasteiger partial charge in [0.25, 0.3) is 0 Å². The highest BCUT2D eigenvalue weighted by atomic mass is 16.5. The highest BCUT2D eigenvalue weighted by Gasteiger charge is 2.07. The molecule has 0 aliphatic carbocycles. The van der Waals surface area contributed by atoms with Crippen LogP contribution in [0.3, 0.4) is 0 Å². The summed E-state index contributed by atoms with van der Waals surface area (Å²) in [5, 5.41) is 0. The number of aryl methyl sites for hydroxylation is 1. The van der Waals surface area contributed by atoms with Crippen molar-refractivity contribution in [3.63, 3.8) is 0 Å². The Kier molecular flexibility index (Phi) is 5.58. The number of nitrogens with zero attached hydrogens (tertiary/aromatic N) is 1. The van der Waals surface area contributed by atoms with Gasteiger partial charge in [-0.3, -0.25) is 4.98 Å². The first-order valence-corrected chi connectivity index (χ1v) is 7.23. The standard InChI is InChI=1S/C17H22N2O2/c1-3-9-20-15-7-6-14(11-18)17(10-15)21-12-16-13(2)5-4-8-19-16/h4-8,10H,3,9,11-12,18H2,1-2H3. The molecule has 1 aromatic carbocycles. The molecule has 112 valence electrons. The molecule has 0 fully saturated rings. The zero-order chi connectivity index (χ0) is 15.1. The van der Waals surface area contributed by atoms with Crippen molar-refractivity contribution in [2.24, 2.45) is 5.73 Å². The summed E-state index contributed by atoms with van der Waals surface area (Å²) in [4.78, 5) is 4.33. The maximum atomic E-state index is 5.89. The quantitative estimate of drug-likeness (QED) is 0.849. The fourth-order valence-electron chi connectivity index (χ4n) is 1.96. The molecule has 2 rings (SSSR count). The highest BCUT2D eigenvalue weighted by molar-refractivity contribution is 5.40. The van der Waals surface area contributed by atoms with Crippen LogP contribution < -0.4 is 15.2 Å². The largest absolute Gasteiger partial charge is 0.493 e. The van der Waals surface area contributed by atoms with Crippen LogP contribution in [0.2, 0.25) is 0 Å². The number of aromatic nitrogens is 1. The summed E-state index contributed by atoms with van der Waals surface area (Å²) in [5.74, 6) is 1.57. The maximum Gasteiger partial charge on any atom is 0.130 e. The number of ether oxygens (including phenoxy) is 2. The second kappa shape index (κ2) is 7.64. The Bertz CT molecular complexity index is 585. The Morgan fingerprint density at radius 3 is 2.76 bits per heavy atom. The third-order valence-corrected chi connectivity index (χ3v) is 3.21. The molecular formula is C17H22N2O2. The molecule has 21 heavy (non-hydrogen) atoms. The minimum Gasteiger partial charge on any atom is -0.493 e. The highest BCUT2D eigenvalue weighted by Crippen LogP contribution is 2.25. The fourth-order valence-corrected chi connectivity index (χ4v) is 1.96. The molecule has 0 bridgehead atoms. The molecule has 1 aromatic heterocycles. The summed E-state index contributed by atoms with van der Waals surface area (Å²) in [6.45, 7) is 5.66. The predicted octanol–water partition coefficient (Wildman–Crippen LogP) is 3.22. The van der Waals surface area contributed by atoms with Gasteiger partial charge in [0.2, 0.25) is 0 Å². The topological polar surface area (TPSA) is 57.4 Å². The summed E-state index contributed by atoms with van der Waals surface area (Å²) in [7, 11) is 0. The molecule has 1 heterocycles. The lowest BCUT2D eigenvalue weighted by molar-refractivity contribution is 0.288. The zero-order valence-corrected chi connectivity index (χ0v) is 12.6. The van der Waals surface area contributed by atoms with E-state index in [1.54, 1.807) is 6.20 Å². The number of hydrogen-bond acceptors (Lipinski definition) is 4. The van der Waals surface area contributed by atoms with Crippen LogP contribution in [-0.4, -0.2) is 11.6 Å². The van der Waals surface area contributed by atoms with Gasteiger partial charge in [-0.25, -0.2) is 0 Å². The lowest BCUT2D eigenvalue weighted by Crippen LogP contribution is -2.05. The van der Waals surface area contributed by atoms with Crippen molar-refractivity contribution < 1.29 is 9.47 Å². The fraction of sp³-hybridized carbons (Fsp3) is 0.353. The van der Waals surface area contributed by atoms with Gasteiger partial charge in [0.1, 0.15) is 18.1 Å². The van der Waals surface area contributed by atoms with Crippen molar-refractivity contribution in [2.45, 2.75) is 33.4 Å². The summed E-state index contributed by atoms with van der Waals surface area (Å²) in [6, 6.07) is 9.72. The molecule has 4 heteroatoms. The van der Waals surface area contributed by atoms with Crippen molar-refractivity contribution in [1.29, 1.82) is 0 Å². The van der Waals surface area contributed by atoms with Crippen molar-refractivity contribution in [3.8, 4) is 11.5 Å². The molecular weight excluding hydrogens is 264 g/mol. The second-order valence-electron chi connectivity index (χ2n) is 4.88. The van der Waals surface area contributed by atoms with Gasteiger partial charge in [-0.15, -0.1) is 0 Å². The number of pyridine rings is 1. The minimum absolute atomic E-state index is 0.427. The summed E-state index contributed by atoms with van der Waals surface area (Å²) >= 11 is 0. The summed E-state index contributed by atoms with van der Waals surface area (Å²) in [5.41, 5.74) is 8.78. The summed E-state index contributed by atoms with van der Waals surface area (Å²) in [6.07, 6.45) is 2.75. The average molecular weight is 286 g/mol. The first kappa shape index (κ1) is 15.3. The van der Waals surface area contributed by atoms with E-state index >= 15 is 0 Å². The third-order valence-electron chi connectivity index (χ3n) is 3.21. The van der Waals surface area contributed by atoms with Gasteiger partial charge >= 0.3 is 0 Å². The monoisotopic (exact) mass is 286 g/mol. The van der Waals surface area contributed by atoms with E-state index in [2.05, 4.69) is 11.9 Å². The molecule has 0 spiro atoms. The number of nitrogens with two attached hydrogens (primary N) is 1. The molecule has 0 aliphatic rings. The lowest BCUT2D eigenvalue weighted by Gasteiger charge is -2.13. The van der Waals surface area contributed by atoms with Crippen LogP contribution in [0.15, 0.2) is 36.5 Å². The van der Waals surface area contributed by atoms with Crippen molar-refractivity contribution >= 4 is 0 Å². The van der Waals surface area contributed by atoms with Crippen LogP contribution in [0.4, 0.5) is 0 Å². The molecule has 2 aromatic rings. The minimum atomic E-state index is 0.427. The molecule has 0 aliphatic heterocycles. The van der Waals surface area contributed by atoms with Gasteiger partial charge in [-0.2, -0.15) is 0 Å². The van der Waals surface area contributed by atoms with E-state index in [0.29, 0.717) is 19.8 Å². The average Bonchev–Trinajstić information content (AvgIpc) is 2.52. The first-order chi connectivity index (χ1) is 10.2. The van der Waals surface area contributed by atoms with E-state index in [1.807, 2.05) is 37.3 Å². The van der Waals surface area contributed by atoms with Crippen LogP contribution in [-0.2, 0) is 13.2 Å². The van der Waals surface area contributed by atoms with Gasteiger partial charge in [0, 0.05) is 24.4 Å². The number of benzene rings is 1. The van der Waals surface area contributed by atoms with Gasteiger partial charge in [0.15, 0.2) is 0 Å².